The van der Waals surface area contributed by atoms with Crippen LogP contribution in [0.1, 0.15) is 26.7 Å². The van der Waals surface area contributed by atoms with E-state index in [2.05, 4.69) is 5.32 Å². The molecule has 0 radical (unpaired) electrons. The molecule has 1 atom stereocenters. The molecule has 0 aromatic carbocycles. The summed E-state index contributed by atoms with van der Waals surface area (Å²) < 4.78 is 34.1. The number of piperidine rings is 1. The molecular formula is C16H32N4O4S. The van der Waals surface area contributed by atoms with Crippen LogP contribution in [0.25, 0.3) is 0 Å². The van der Waals surface area contributed by atoms with Gasteiger partial charge in [0.05, 0.1) is 13.2 Å². The van der Waals surface area contributed by atoms with Gasteiger partial charge in [0.2, 0.25) is 5.91 Å². The van der Waals surface area contributed by atoms with E-state index in [0.717, 1.165) is 12.8 Å². The van der Waals surface area contributed by atoms with Crippen molar-refractivity contribution in [3.8, 4) is 0 Å². The Morgan fingerprint density at radius 2 is 1.84 bits per heavy atom. The number of amides is 1. The van der Waals surface area contributed by atoms with Gasteiger partial charge in [-0.2, -0.15) is 17.0 Å². The molecule has 0 spiro atoms. The van der Waals surface area contributed by atoms with Crippen molar-refractivity contribution < 1.29 is 17.9 Å². The van der Waals surface area contributed by atoms with E-state index in [1.54, 1.807) is 15.7 Å². The average molecular weight is 377 g/mol. The molecule has 2 heterocycles. The maximum atomic E-state index is 12.9. The van der Waals surface area contributed by atoms with Crippen molar-refractivity contribution in [1.82, 2.24) is 18.8 Å². The van der Waals surface area contributed by atoms with E-state index in [-0.39, 0.29) is 17.9 Å². The molecule has 1 N–H and O–H groups in total. The van der Waals surface area contributed by atoms with E-state index < -0.39 is 10.2 Å². The van der Waals surface area contributed by atoms with Gasteiger partial charge in [0, 0.05) is 52.4 Å². The Kier molecular flexibility index (Phi) is 7.63. The van der Waals surface area contributed by atoms with Gasteiger partial charge in [-0.1, -0.05) is 0 Å². The zero-order valence-corrected chi connectivity index (χ0v) is 16.4. The SMILES string of the molecule is COCC1CCCN(S(=O)(=O)N2CCN(CC(=O)NC(C)C)CC2)C1. The number of hydrogen-bond donors (Lipinski definition) is 1. The van der Waals surface area contributed by atoms with Crippen LogP contribution < -0.4 is 5.32 Å². The van der Waals surface area contributed by atoms with Crippen molar-refractivity contribution in [2.75, 3.05) is 59.5 Å². The fraction of sp³-hybridized carbons (Fsp3) is 0.938. The lowest BCUT2D eigenvalue weighted by Gasteiger charge is -2.39. The summed E-state index contributed by atoms with van der Waals surface area (Å²) in [6.45, 7) is 7.94. The van der Waals surface area contributed by atoms with Crippen LogP contribution in [-0.4, -0.2) is 93.4 Å². The Bertz CT molecular complexity index is 530. The summed E-state index contributed by atoms with van der Waals surface area (Å²) in [5.41, 5.74) is 0. The molecule has 0 saturated carbocycles. The fourth-order valence-corrected chi connectivity index (χ4v) is 5.17. The zero-order valence-electron chi connectivity index (χ0n) is 15.6. The summed E-state index contributed by atoms with van der Waals surface area (Å²) in [5, 5.41) is 2.87. The van der Waals surface area contributed by atoms with Crippen molar-refractivity contribution >= 4 is 16.1 Å². The van der Waals surface area contributed by atoms with E-state index in [0.29, 0.717) is 52.4 Å². The number of nitrogens with one attached hydrogen (secondary N) is 1. The molecule has 2 aliphatic heterocycles. The molecule has 2 saturated heterocycles. The molecule has 2 fully saturated rings. The van der Waals surface area contributed by atoms with Gasteiger partial charge in [-0.3, -0.25) is 9.69 Å². The number of ether oxygens (including phenoxy) is 1. The largest absolute Gasteiger partial charge is 0.384 e. The number of carbonyl (C=O) groups excluding carboxylic acids is 1. The summed E-state index contributed by atoms with van der Waals surface area (Å²) in [5.74, 6) is 0.263. The number of carbonyl (C=O) groups is 1. The minimum atomic E-state index is -3.42. The van der Waals surface area contributed by atoms with Crippen molar-refractivity contribution in [3.63, 3.8) is 0 Å². The predicted molar refractivity (Wildman–Crippen MR) is 96.4 cm³/mol. The Morgan fingerprint density at radius 1 is 1.16 bits per heavy atom. The molecule has 0 aliphatic carbocycles. The Balaban J connectivity index is 1.85. The molecule has 0 bridgehead atoms. The number of nitrogens with zero attached hydrogens (tertiary/aromatic N) is 3. The third-order valence-corrected chi connectivity index (χ3v) is 6.69. The highest BCUT2D eigenvalue weighted by Crippen LogP contribution is 2.22. The highest BCUT2D eigenvalue weighted by Gasteiger charge is 2.35. The van der Waals surface area contributed by atoms with E-state index in [1.807, 2.05) is 18.7 Å². The first-order valence-corrected chi connectivity index (χ1v) is 10.5. The van der Waals surface area contributed by atoms with Crippen LogP contribution in [0, 0.1) is 5.92 Å². The number of methoxy groups -OCH3 is 1. The van der Waals surface area contributed by atoms with Crippen LogP contribution in [0.5, 0.6) is 0 Å². The molecule has 0 aromatic rings. The van der Waals surface area contributed by atoms with E-state index in [9.17, 15) is 13.2 Å². The maximum Gasteiger partial charge on any atom is 0.282 e. The maximum absolute atomic E-state index is 12.9. The minimum Gasteiger partial charge on any atom is -0.384 e. The van der Waals surface area contributed by atoms with Crippen LogP contribution in [0.3, 0.4) is 0 Å². The number of hydrogen-bond acceptors (Lipinski definition) is 5. The standard InChI is InChI=1S/C16H32N4O4S/c1-14(2)17-16(21)12-18-7-9-19(10-8-18)25(22,23)20-6-4-5-15(11-20)13-24-3/h14-15H,4-13H2,1-3H3,(H,17,21). The van der Waals surface area contributed by atoms with Crippen molar-refractivity contribution in [2.45, 2.75) is 32.7 Å². The summed E-state index contributed by atoms with van der Waals surface area (Å²) >= 11 is 0. The molecule has 1 amide bonds. The molecule has 1 unspecified atom stereocenters. The van der Waals surface area contributed by atoms with E-state index in [4.69, 9.17) is 4.74 Å². The topological polar surface area (TPSA) is 82.2 Å². The molecule has 2 rings (SSSR count). The van der Waals surface area contributed by atoms with Gasteiger partial charge in [-0.15, -0.1) is 0 Å². The van der Waals surface area contributed by atoms with Gasteiger partial charge in [0.1, 0.15) is 0 Å². The Morgan fingerprint density at radius 3 is 2.44 bits per heavy atom. The molecule has 2 aliphatic rings. The van der Waals surface area contributed by atoms with E-state index >= 15 is 0 Å². The third kappa shape index (κ3) is 5.89. The van der Waals surface area contributed by atoms with Gasteiger partial charge < -0.3 is 10.1 Å². The van der Waals surface area contributed by atoms with Crippen LogP contribution in [0.4, 0.5) is 0 Å². The lowest BCUT2D eigenvalue weighted by molar-refractivity contribution is -0.123. The van der Waals surface area contributed by atoms with Crippen molar-refractivity contribution in [3.05, 3.63) is 0 Å². The first kappa shape index (κ1) is 20.6. The number of rotatable bonds is 7. The molecule has 0 aromatic heterocycles. The smallest absolute Gasteiger partial charge is 0.282 e. The average Bonchev–Trinajstić information content (AvgIpc) is 2.55. The lowest BCUT2D eigenvalue weighted by Crippen LogP contribution is -2.56. The lowest BCUT2D eigenvalue weighted by atomic mass is 10.0. The fourth-order valence-electron chi connectivity index (χ4n) is 3.46. The Labute approximate surface area is 151 Å². The van der Waals surface area contributed by atoms with Gasteiger partial charge in [0.25, 0.3) is 10.2 Å². The van der Waals surface area contributed by atoms with Gasteiger partial charge in [-0.25, -0.2) is 0 Å². The second kappa shape index (κ2) is 9.27. The van der Waals surface area contributed by atoms with Gasteiger partial charge >= 0.3 is 0 Å². The van der Waals surface area contributed by atoms with Crippen molar-refractivity contribution in [2.24, 2.45) is 5.92 Å². The summed E-state index contributed by atoms with van der Waals surface area (Å²) in [6, 6.07) is 0.119. The predicted octanol–water partition coefficient (Wildman–Crippen LogP) is -0.268. The summed E-state index contributed by atoms with van der Waals surface area (Å²) in [4.78, 5) is 13.8. The second-order valence-electron chi connectivity index (χ2n) is 7.23. The molecule has 8 nitrogen and oxygen atoms in total. The monoisotopic (exact) mass is 376 g/mol. The summed E-state index contributed by atoms with van der Waals surface area (Å²) in [7, 11) is -1.77. The van der Waals surface area contributed by atoms with Crippen LogP contribution >= 0.6 is 0 Å². The van der Waals surface area contributed by atoms with Crippen LogP contribution in [0.15, 0.2) is 0 Å². The van der Waals surface area contributed by atoms with Crippen LogP contribution in [0.2, 0.25) is 0 Å². The van der Waals surface area contributed by atoms with Crippen LogP contribution in [-0.2, 0) is 19.7 Å². The molecule has 146 valence electrons. The molecule has 25 heavy (non-hydrogen) atoms. The second-order valence-corrected chi connectivity index (χ2v) is 9.16. The van der Waals surface area contributed by atoms with Crippen molar-refractivity contribution in [1.29, 1.82) is 0 Å². The van der Waals surface area contributed by atoms with Gasteiger partial charge in [0.15, 0.2) is 0 Å². The Hall–Kier alpha value is -0.740. The molecule has 9 heteroatoms. The minimum absolute atomic E-state index is 0.00950. The normalized spacial score (nSPS) is 24.6. The third-order valence-electron chi connectivity index (χ3n) is 4.68. The quantitative estimate of drug-likeness (QED) is 0.662. The molecular weight excluding hydrogens is 344 g/mol. The summed E-state index contributed by atoms with van der Waals surface area (Å²) in [6.07, 6.45) is 1.89. The highest BCUT2D eigenvalue weighted by atomic mass is 32.2. The zero-order chi connectivity index (χ0) is 18.4. The highest BCUT2D eigenvalue weighted by molar-refractivity contribution is 7.86. The van der Waals surface area contributed by atoms with Gasteiger partial charge in [-0.05, 0) is 32.6 Å². The first-order valence-electron chi connectivity index (χ1n) is 9.08. The first-order chi connectivity index (χ1) is 11.8. The van der Waals surface area contributed by atoms with E-state index in [1.165, 1.54) is 0 Å². The number of piperazine rings is 1.